The summed E-state index contributed by atoms with van der Waals surface area (Å²) < 4.78 is 0. The Morgan fingerprint density at radius 3 is 2.50 bits per heavy atom. The van der Waals surface area contributed by atoms with Crippen LogP contribution in [-0.2, 0) is 17.1 Å². The summed E-state index contributed by atoms with van der Waals surface area (Å²) in [4.78, 5) is 0. The van der Waals surface area contributed by atoms with E-state index in [2.05, 4.69) is 24.1 Å². The second-order valence-electron chi connectivity index (χ2n) is 1.03. The van der Waals surface area contributed by atoms with Gasteiger partial charge in [-0.1, -0.05) is 6.08 Å². The van der Waals surface area contributed by atoms with Gasteiger partial charge in [0.2, 0.25) is 0 Å². The van der Waals surface area contributed by atoms with Crippen LogP contribution >= 0.6 is 12.2 Å². The molecule has 0 aromatic heterocycles. The van der Waals surface area contributed by atoms with Crippen LogP contribution in [0.1, 0.15) is 0 Å². The molecule has 0 aromatic rings. The number of nitrogens with two attached hydrogens (primary N) is 1. The third-order valence-electron chi connectivity index (χ3n) is 0.421. The smallest absolute Gasteiger partial charge is 0.163 e. The Labute approximate surface area is 65.0 Å². The number of thiocarbonyl (C=S) groups is 1. The van der Waals surface area contributed by atoms with Gasteiger partial charge in [-0.25, -0.2) is 0 Å². The van der Waals surface area contributed by atoms with E-state index in [1.807, 2.05) is 0 Å². The molecule has 0 unspecified atom stereocenters. The average Bonchev–Trinajstić information content (AvgIpc) is 1.61. The largest absolute Gasteiger partial charge is 0.376 e. The Morgan fingerprint density at radius 1 is 1.88 bits per heavy atom. The standard InChI is InChI=1S/C4H8N2S.Cu/c1-2-3-6-4(5)7;/h2H,1,3H2,(H3,5,6,7);. The van der Waals surface area contributed by atoms with E-state index in [1.54, 1.807) is 6.08 Å². The Kier molecular flexibility index (Phi) is 9.42. The Bertz CT molecular complexity index is 84.1. The van der Waals surface area contributed by atoms with E-state index in [0.29, 0.717) is 11.7 Å². The van der Waals surface area contributed by atoms with Crippen molar-refractivity contribution in [3.8, 4) is 0 Å². The minimum absolute atomic E-state index is 0. The summed E-state index contributed by atoms with van der Waals surface area (Å²) in [5.41, 5.74) is 5.05. The summed E-state index contributed by atoms with van der Waals surface area (Å²) in [6, 6.07) is 0. The Hall–Kier alpha value is -0.0505. The van der Waals surface area contributed by atoms with E-state index in [4.69, 9.17) is 5.73 Å². The van der Waals surface area contributed by atoms with Crippen molar-refractivity contribution in [3.05, 3.63) is 12.7 Å². The van der Waals surface area contributed by atoms with Gasteiger partial charge in [0.25, 0.3) is 0 Å². The van der Waals surface area contributed by atoms with E-state index < -0.39 is 0 Å². The maximum absolute atomic E-state index is 5.05. The van der Waals surface area contributed by atoms with E-state index in [9.17, 15) is 0 Å². The van der Waals surface area contributed by atoms with Gasteiger partial charge in [-0.2, -0.15) is 0 Å². The molecular formula is C4H8CuN2S. The molecule has 0 saturated carbocycles. The monoisotopic (exact) mass is 179 g/mol. The normalized spacial score (nSPS) is 6.50. The molecule has 3 N–H and O–H groups in total. The molecule has 0 rings (SSSR count). The fourth-order valence-electron chi connectivity index (χ4n) is 0.173. The fourth-order valence-corrected chi connectivity index (χ4v) is 0.256. The summed E-state index contributed by atoms with van der Waals surface area (Å²) in [6.45, 7) is 4.10. The summed E-state index contributed by atoms with van der Waals surface area (Å²) in [6.07, 6.45) is 1.69. The predicted octanol–water partition coefficient (Wildman–Crippen LogP) is 0.00310. The van der Waals surface area contributed by atoms with Crippen LogP contribution in [0.3, 0.4) is 0 Å². The first kappa shape index (κ1) is 10.8. The van der Waals surface area contributed by atoms with Gasteiger partial charge in [-0.3, -0.25) is 0 Å². The van der Waals surface area contributed by atoms with Crippen molar-refractivity contribution in [2.24, 2.45) is 5.73 Å². The molecule has 0 amide bonds. The second-order valence-corrected chi connectivity index (χ2v) is 1.47. The van der Waals surface area contributed by atoms with Crippen molar-refractivity contribution >= 4 is 17.3 Å². The summed E-state index contributed by atoms with van der Waals surface area (Å²) in [7, 11) is 0. The molecule has 8 heavy (non-hydrogen) atoms. The first-order chi connectivity index (χ1) is 3.27. The molecule has 2 nitrogen and oxygen atoms in total. The average molecular weight is 180 g/mol. The van der Waals surface area contributed by atoms with Gasteiger partial charge in [0, 0.05) is 23.6 Å². The quantitative estimate of drug-likeness (QED) is 0.356. The van der Waals surface area contributed by atoms with Gasteiger partial charge in [-0.05, 0) is 12.2 Å². The van der Waals surface area contributed by atoms with Crippen molar-refractivity contribution < 1.29 is 17.1 Å². The van der Waals surface area contributed by atoms with Crippen molar-refractivity contribution in [2.75, 3.05) is 6.54 Å². The molecule has 0 heterocycles. The predicted molar refractivity (Wildman–Crippen MR) is 35.0 cm³/mol. The fraction of sp³-hybridized carbons (Fsp3) is 0.250. The molecule has 0 saturated heterocycles. The van der Waals surface area contributed by atoms with Crippen LogP contribution in [0.2, 0.25) is 0 Å². The van der Waals surface area contributed by atoms with Crippen LogP contribution in [0.5, 0.6) is 0 Å². The number of hydrogen-bond acceptors (Lipinski definition) is 1. The van der Waals surface area contributed by atoms with Crippen LogP contribution in [0.25, 0.3) is 0 Å². The molecule has 4 heteroatoms. The Morgan fingerprint density at radius 2 is 2.38 bits per heavy atom. The zero-order chi connectivity index (χ0) is 5.70. The minimum Gasteiger partial charge on any atom is -0.376 e. The maximum Gasteiger partial charge on any atom is 0.163 e. The van der Waals surface area contributed by atoms with E-state index >= 15 is 0 Å². The molecule has 0 aromatic carbocycles. The zero-order valence-electron chi connectivity index (χ0n) is 4.28. The van der Waals surface area contributed by atoms with Gasteiger partial charge < -0.3 is 11.1 Å². The molecule has 1 radical (unpaired) electrons. The van der Waals surface area contributed by atoms with Crippen molar-refractivity contribution in [2.45, 2.75) is 0 Å². The molecule has 0 fully saturated rings. The van der Waals surface area contributed by atoms with Crippen molar-refractivity contribution in [1.82, 2.24) is 5.32 Å². The molecule has 0 atom stereocenters. The summed E-state index contributed by atoms with van der Waals surface area (Å²) in [5, 5.41) is 3.01. The van der Waals surface area contributed by atoms with Crippen LogP contribution in [0, 0.1) is 0 Å². The van der Waals surface area contributed by atoms with Gasteiger partial charge >= 0.3 is 0 Å². The summed E-state index contributed by atoms with van der Waals surface area (Å²) in [5.74, 6) is 0. The molecule has 0 spiro atoms. The summed E-state index contributed by atoms with van der Waals surface area (Å²) >= 11 is 4.48. The molecule has 0 aliphatic carbocycles. The molecule has 0 aliphatic rings. The molecule has 0 bridgehead atoms. The minimum atomic E-state index is 0. The third-order valence-corrected chi connectivity index (χ3v) is 0.565. The topological polar surface area (TPSA) is 38.0 Å². The van der Waals surface area contributed by atoms with Gasteiger partial charge in [-0.15, -0.1) is 6.58 Å². The van der Waals surface area contributed by atoms with Crippen LogP contribution in [0.15, 0.2) is 12.7 Å². The maximum atomic E-state index is 5.05. The third kappa shape index (κ3) is 9.34. The first-order valence-electron chi connectivity index (χ1n) is 1.91. The zero-order valence-corrected chi connectivity index (χ0v) is 6.04. The van der Waals surface area contributed by atoms with Crippen LogP contribution < -0.4 is 11.1 Å². The number of nitrogens with one attached hydrogen (secondary N) is 1. The van der Waals surface area contributed by atoms with Gasteiger partial charge in [0.15, 0.2) is 5.11 Å². The van der Waals surface area contributed by atoms with Gasteiger partial charge in [0.1, 0.15) is 0 Å². The molecule has 0 aliphatic heterocycles. The molecule has 51 valence electrons. The SMILES string of the molecule is C=CCNC(N)=S.[Cu]. The van der Waals surface area contributed by atoms with E-state index in [1.165, 1.54) is 0 Å². The van der Waals surface area contributed by atoms with Crippen molar-refractivity contribution in [3.63, 3.8) is 0 Å². The molecular weight excluding hydrogens is 172 g/mol. The van der Waals surface area contributed by atoms with Gasteiger partial charge in [0.05, 0.1) is 0 Å². The van der Waals surface area contributed by atoms with E-state index in [0.717, 1.165) is 0 Å². The van der Waals surface area contributed by atoms with E-state index in [-0.39, 0.29) is 17.1 Å². The number of rotatable bonds is 2. The Balaban J connectivity index is 0. The second kappa shape index (κ2) is 6.95. The first-order valence-corrected chi connectivity index (χ1v) is 2.32. The van der Waals surface area contributed by atoms with Crippen molar-refractivity contribution in [1.29, 1.82) is 0 Å². The number of hydrogen-bond donors (Lipinski definition) is 2. The van der Waals surface area contributed by atoms with Crippen LogP contribution in [0.4, 0.5) is 0 Å². The van der Waals surface area contributed by atoms with Crippen LogP contribution in [-0.4, -0.2) is 11.7 Å².